The number of aryl methyl sites for hydroxylation is 3. The predicted molar refractivity (Wildman–Crippen MR) is 105 cm³/mol. The number of fused-ring (bicyclic) bond motifs is 2. The third-order valence-electron chi connectivity index (χ3n) is 5.50. The fourth-order valence-corrected chi connectivity index (χ4v) is 4.11. The molecule has 0 aromatic heterocycles. The molecule has 0 unspecified atom stereocenters. The maximum absolute atomic E-state index is 12.2. The standard InChI is InChI=1S/C23H25NO4/c25-22(24-21-10-4-7-17-5-1-2-9-20(17)21)14-28-23(26)15-27-19-12-11-16-6-3-8-18(16)13-19/h1-2,5,9,11-13,21H,3-4,6-8,10,14-15H2,(H,24,25)/t21-/m0/s1. The van der Waals surface area contributed by atoms with Gasteiger partial charge in [0.15, 0.2) is 13.2 Å². The summed E-state index contributed by atoms with van der Waals surface area (Å²) in [5, 5.41) is 2.98. The van der Waals surface area contributed by atoms with Crippen LogP contribution in [0.2, 0.25) is 0 Å². The Kier molecular flexibility index (Phi) is 5.60. The maximum Gasteiger partial charge on any atom is 0.344 e. The van der Waals surface area contributed by atoms with E-state index in [9.17, 15) is 9.59 Å². The van der Waals surface area contributed by atoms with Gasteiger partial charge in [0.05, 0.1) is 6.04 Å². The zero-order chi connectivity index (χ0) is 19.3. The molecular weight excluding hydrogens is 354 g/mol. The molecule has 2 aromatic carbocycles. The number of esters is 1. The minimum Gasteiger partial charge on any atom is -0.482 e. The Balaban J connectivity index is 1.22. The van der Waals surface area contributed by atoms with Crippen LogP contribution in [-0.2, 0) is 33.6 Å². The minimum absolute atomic E-state index is 0.0150. The van der Waals surface area contributed by atoms with E-state index in [-0.39, 0.29) is 25.2 Å². The summed E-state index contributed by atoms with van der Waals surface area (Å²) in [5.74, 6) is -0.159. The van der Waals surface area contributed by atoms with Gasteiger partial charge in [0.2, 0.25) is 0 Å². The molecule has 2 aromatic rings. The van der Waals surface area contributed by atoms with Crippen molar-refractivity contribution in [3.8, 4) is 5.75 Å². The summed E-state index contributed by atoms with van der Waals surface area (Å²) in [6, 6.07) is 14.1. The quantitative estimate of drug-likeness (QED) is 0.783. The van der Waals surface area contributed by atoms with Crippen molar-refractivity contribution < 1.29 is 19.1 Å². The Bertz CT molecular complexity index is 877. The molecule has 0 aliphatic heterocycles. The average molecular weight is 379 g/mol. The lowest BCUT2D eigenvalue weighted by atomic mass is 9.88. The van der Waals surface area contributed by atoms with Gasteiger partial charge in [0.1, 0.15) is 5.75 Å². The first-order valence-corrected chi connectivity index (χ1v) is 9.96. The van der Waals surface area contributed by atoms with Crippen LogP contribution in [0.4, 0.5) is 0 Å². The molecule has 1 atom stereocenters. The van der Waals surface area contributed by atoms with Crippen LogP contribution in [0.15, 0.2) is 42.5 Å². The lowest BCUT2D eigenvalue weighted by Crippen LogP contribution is -2.34. The van der Waals surface area contributed by atoms with Gasteiger partial charge in [-0.25, -0.2) is 4.79 Å². The highest BCUT2D eigenvalue weighted by atomic mass is 16.6. The van der Waals surface area contributed by atoms with Crippen molar-refractivity contribution in [2.24, 2.45) is 0 Å². The third-order valence-corrected chi connectivity index (χ3v) is 5.50. The van der Waals surface area contributed by atoms with Crippen molar-refractivity contribution in [1.82, 2.24) is 5.32 Å². The molecule has 28 heavy (non-hydrogen) atoms. The summed E-state index contributed by atoms with van der Waals surface area (Å²) in [7, 11) is 0. The first-order chi connectivity index (χ1) is 13.7. The fourth-order valence-electron chi connectivity index (χ4n) is 4.11. The molecule has 0 spiro atoms. The zero-order valence-electron chi connectivity index (χ0n) is 15.9. The van der Waals surface area contributed by atoms with Crippen molar-refractivity contribution in [2.45, 2.75) is 44.6 Å². The van der Waals surface area contributed by atoms with E-state index in [1.54, 1.807) is 0 Å². The Morgan fingerprint density at radius 2 is 1.75 bits per heavy atom. The molecule has 0 saturated carbocycles. The van der Waals surface area contributed by atoms with Gasteiger partial charge in [-0.15, -0.1) is 0 Å². The number of carbonyl (C=O) groups excluding carboxylic acids is 2. The van der Waals surface area contributed by atoms with Crippen LogP contribution in [0.5, 0.6) is 5.75 Å². The Morgan fingerprint density at radius 1 is 0.929 bits per heavy atom. The molecule has 0 saturated heterocycles. The Labute approximate surface area is 165 Å². The van der Waals surface area contributed by atoms with Gasteiger partial charge in [-0.3, -0.25) is 4.79 Å². The van der Waals surface area contributed by atoms with Crippen LogP contribution in [0, 0.1) is 0 Å². The smallest absolute Gasteiger partial charge is 0.344 e. The van der Waals surface area contributed by atoms with Gasteiger partial charge in [-0.05, 0) is 72.9 Å². The van der Waals surface area contributed by atoms with Crippen LogP contribution in [0.25, 0.3) is 0 Å². The highest BCUT2D eigenvalue weighted by Gasteiger charge is 2.22. The maximum atomic E-state index is 12.2. The Hall–Kier alpha value is -2.82. The minimum atomic E-state index is -0.542. The number of rotatable bonds is 6. The number of hydrogen-bond acceptors (Lipinski definition) is 4. The van der Waals surface area contributed by atoms with Crippen LogP contribution in [0.1, 0.15) is 47.6 Å². The van der Waals surface area contributed by atoms with E-state index in [1.807, 2.05) is 24.3 Å². The Morgan fingerprint density at radius 3 is 2.68 bits per heavy atom. The highest BCUT2D eigenvalue weighted by molar-refractivity contribution is 5.81. The van der Waals surface area contributed by atoms with Gasteiger partial charge in [-0.2, -0.15) is 0 Å². The molecule has 146 valence electrons. The summed E-state index contributed by atoms with van der Waals surface area (Å²) in [6.45, 7) is -0.483. The number of ether oxygens (including phenoxy) is 2. The topological polar surface area (TPSA) is 64.6 Å². The second kappa shape index (κ2) is 8.46. The lowest BCUT2D eigenvalue weighted by Gasteiger charge is -2.26. The molecule has 0 radical (unpaired) electrons. The van der Waals surface area contributed by atoms with E-state index in [0.29, 0.717) is 5.75 Å². The van der Waals surface area contributed by atoms with Gasteiger partial charge in [0.25, 0.3) is 5.91 Å². The molecule has 2 aliphatic rings. The summed E-state index contributed by atoms with van der Waals surface area (Å²) >= 11 is 0. The number of carbonyl (C=O) groups is 2. The van der Waals surface area contributed by atoms with E-state index >= 15 is 0 Å². The van der Waals surface area contributed by atoms with E-state index in [1.165, 1.54) is 23.1 Å². The molecule has 0 fully saturated rings. The SMILES string of the molecule is O=C(COC(=O)COc1ccc2c(c1)CCC2)N[C@H]1CCCc2ccccc21. The van der Waals surface area contributed by atoms with E-state index in [4.69, 9.17) is 9.47 Å². The predicted octanol–water partition coefficient (Wildman–Crippen LogP) is 3.29. The molecule has 0 heterocycles. The molecule has 2 aliphatic carbocycles. The number of amides is 1. The van der Waals surface area contributed by atoms with E-state index in [0.717, 1.165) is 37.7 Å². The monoisotopic (exact) mass is 379 g/mol. The van der Waals surface area contributed by atoms with Crippen LogP contribution >= 0.6 is 0 Å². The summed E-state index contributed by atoms with van der Waals surface area (Å²) < 4.78 is 10.6. The van der Waals surface area contributed by atoms with Crippen LogP contribution in [0.3, 0.4) is 0 Å². The second-order valence-corrected chi connectivity index (χ2v) is 7.44. The summed E-state index contributed by atoms with van der Waals surface area (Å²) in [5.41, 5.74) is 5.08. The molecule has 5 nitrogen and oxygen atoms in total. The lowest BCUT2D eigenvalue weighted by molar-refractivity contribution is -0.150. The molecule has 5 heteroatoms. The first-order valence-electron chi connectivity index (χ1n) is 9.96. The van der Waals surface area contributed by atoms with Gasteiger partial charge < -0.3 is 14.8 Å². The number of benzene rings is 2. The second-order valence-electron chi connectivity index (χ2n) is 7.44. The van der Waals surface area contributed by atoms with Crippen molar-refractivity contribution >= 4 is 11.9 Å². The number of hydrogen-bond donors (Lipinski definition) is 1. The molecule has 4 rings (SSSR count). The molecule has 0 bridgehead atoms. The average Bonchev–Trinajstić information content (AvgIpc) is 3.19. The molecular formula is C23H25NO4. The van der Waals surface area contributed by atoms with Crippen molar-refractivity contribution in [3.63, 3.8) is 0 Å². The van der Waals surface area contributed by atoms with Gasteiger partial charge >= 0.3 is 5.97 Å². The normalized spacial score (nSPS) is 17.4. The van der Waals surface area contributed by atoms with Gasteiger partial charge in [0, 0.05) is 0 Å². The fraction of sp³-hybridized carbons (Fsp3) is 0.391. The number of nitrogens with one attached hydrogen (secondary N) is 1. The van der Waals surface area contributed by atoms with Crippen LogP contribution in [-0.4, -0.2) is 25.1 Å². The summed E-state index contributed by atoms with van der Waals surface area (Å²) in [6.07, 6.45) is 6.31. The first kappa shape index (κ1) is 18.5. The van der Waals surface area contributed by atoms with E-state index < -0.39 is 5.97 Å². The summed E-state index contributed by atoms with van der Waals surface area (Å²) in [4.78, 5) is 24.1. The third kappa shape index (κ3) is 4.35. The van der Waals surface area contributed by atoms with Crippen LogP contribution < -0.4 is 10.1 Å². The molecule has 1 N–H and O–H groups in total. The van der Waals surface area contributed by atoms with Gasteiger partial charge in [-0.1, -0.05) is 30.3 Å². The van der Waals surface area contributed by atoms with Crippen molar-refractivity contribution in [1.29, 1.82) is 0 Å². The largest absolute Gasteiger partial charge is 0.482 e. The van der Waals surface area contributed by atoms with Crippen molar-refractivity contribution in [2.75, 3.05) is 13.2 Å². The van der Waals surface area contributed by atoms with E-state index in [2.05, 4.69) is 23.5 Å². The highest BCUT2D eigenvalue weighted by Crippen LogP contribution is 2.29. The molecule has 1 amide bonds. The van der Waals surface area contributed by atoms with Crippen molar-refractivity contribution in [3.05, 3.63) is 64.7 Å². The zero-order valence-corrected chi connectivity index (χ0v) is 15.9.